The van der Waals surface area contributed by atoms with Gasteiger partial charge < -0.3 is 0 Å². The Labute approximate surface area is 51.0 Å². The first-order chi connectivity index (χ1) is 3.84. The van der Waals surface area contributed by atoms with Crippen molar-refractivity contribution in [2.24, 2.45) is 0 Å². The van der Waals surface area contributed by atoms with E-state index in [2.05, 4.69) is 24.6 Å². The minimum Gasteiger partial charge on any atom is -0.299 e. The van der Waals surface area contributed by atoms with E-state index in [1.54, 1.807) is 0 Å². The standard InChI is InChI=1S/C7H12N/c1-3-7-5-4-6-8(7)2/h7H,1,4-6H2,2H3. The summed E-state index contributed by atoms with van der Waals surface area (Å²) >= 11 is 0. The lowest BCUT2D eigenvalue weighted by Crippen LogP contribution is -2.22. The lowest BCUT2D eigenvalue weighted by molar-refractivity contribution is 0.351. The molecule has 0 aliphatic carbocycles. The van der Waals surface area contributed by atoms with Gasteiger partial charge in [0.15, 0.2) is 0 Å². The maximum absolute atomic E-state index is 3.63. The van der Waals surface area contributed by atoms with Crippen molar-refractivity contribution in [3.63, 3.8) is 0 Å². The molecular weight excluding hydrogens is 98.1 g/mol. The van der Waals surface area contributed by atoms with E-state index in [9.17, 15) is 0 Å². The number of rotatable bonds is 1. The molecule has 0 aromatic rings. The molecule has 0 amide bonds. The summed E-state index contributed by atoms with van der Waals surface area (Å²) in [6, 6.07) is 0.537. The summed E-state index contributed by atoms with van der Waals surface area (Å²) < 4.78 is 0. The Morgan fingerprint density at radius 2 is 2.50 bits per heavy atom. The predicted octanol–water partition coefficient (Wildman–Crippen LogP) is 1.07. The summed E-state index contributed by atoms with van der Waals surface area (Å²) in [5, 5.41) is 0. The molecule has 1 heteroatoms. The van der Waals surface area contributed by atoms with Crippen LogP contribution >= 0.6 is 0 Å². The van der Waals surface area contributed by atoms with Gasteiger partial charge in [0.1, 0.15) is 0 Å². The highest BCUT2D eigenvalue weighted by Gasteiger charge is 2.16. The van der Waals surface area contributed by atoms with Gasteiger partial charge in [0, 0.05) is 6.04 Å². The lowest BCUT2D eigenvalue weighted by Gasteiger charge is -2.12. The quantitative estimate of drug-likeness (QED) is 0.488. The molecule has 0 saturated carbocycles. The van der Waals surface area contributed by atoms with E-state index in [1.165, 1.54) is 19.4 Å². The molecule has 0 aromatic carbocycles. The molecule has 1 fully saturated rings. The molecule has 1 aliphatic heterocycles. The Balaban J connectivity index is 2.41. The molecule has 1 unspecified atom stereocenters. The Morgan fingerprint density at radius 1 is 1.75 bits per heavy atom. The smallest absolute Gasteiger partial charge is 0.0342 e. The summed E-state index contributed by atoms with van der Waals surface area (Å²) in [4.78, 5) is 2.28. The van der Waals surface area contributed by atoms with Crippen molar-refractivity contribution < 1.29 is 0 Å². The van der Waals surface area contributed by atoms with E-state index in [-0.39, 0.29) is 0 Å². The number of hydrogen-bond acceptors (Lipinski definition) is 1. The molecule has 1 atom stereocenters. The second kappa shape index (κ2) is 2.31. The molecule has 1 nitrogen and oxygen atoms in total. The highest BCUT2D eigenvalue weighted by atomic mass is 15.1. The van der Waals surface area contributed by atoms with Gasteiger partial charge in [0.05, 0.1) is 0 Å². The second-order valence-corrected chi connectivity index (χ2v) is 2.34. The fraction of sp³-hybridized carbons (Fsp3) is 0.714. The summed E-state index contributed by atoms with van der Waals surface area (Å²) in [6.07, 6.45) is 5.55. The molecule has 0 spiro atoms. The number of nitrogens with zero attached hydrogens (tertiary/aromatic N) is 1. The molecule has 1 radical (unpaired) electrons. The Kier molecular flexibility index (Phi) is 1.69. The first kappa shape index (κ1) is 5.83. The van der Waals surface area contributed by atoms with Gasteiger partial charge in [-0.3, -0.25) is 4.90 Å². The van der Waals surface area contributed by atoms with E-state index in [1.807, 2.05) is 0 Å². The maximum atomic E-state index is 3.63. The van der Waals surface area contributed by atoms with Crippen LogP contribution in [0, 0.1) is 6.08 Å². The SMILES string of the molecule is C=[C]C1CCCN1C. The van der Waals surface area contributed by atoms with Crippen molar-refractivity contribution in [2.75, 3.05) is 13.6 Å². The predicted molar refractivity (Wildman–Crippen MR) is 34.5 cm³/mol. The van der Waals surface area contributed by atoms with Gasteiger partial charge in [0.2, 0.25) is 0 Å². The summed E-state index contributed by atoms with van der Waals surface area (Å²) in [5.41, 5.74) is 0. The van der Waals surface area contributed by atoms with Crippen molar-refractivity contribution in [1.82, 2.24) is 4.90 Å². The Hall–Kier alpha value is -0.300. The largest absolute Gasteiger partial charge is 0.299 e. The van der Waals surface area contributed by atoms with Gasteiger partial charge >= 0.3 is 0 Å². The van der Waals surface area contributed by atoms with Crippen LogP contribution in [0.2, 0.25) is 0 Å². The third-order valence-electron chi connectivity index (χ3n) is 1.76. The zero-order valence-electron chi connectivity index (χ0n) is 5.35. The van der Waals surface area contributed by atoms with E-state index < -0.39 is 0 Å². The van der Waals surface area contributed by atoms with Gasteiger partial charge in [-0.1, -0.05) is 6.58 Å². The van der Waals surface area contributed by atoms with Crippen LogP contribution in [-0.4, -0.2) is 24.5 Å². The summed E-state index contributed by atoms with van der Waals surface area (Å²) in [5.74, 6) is 0. The Morgan fingerprint density at radius 3 is 2.75 bits per heavy atom. The number of hydrogen-bond donors (Lipinski definition) is 0. The van der Waals surface area contributed by atoms with Gasteiger partial charge in [-0.05, 0) is 32.5 Å². The van der Waals surface area contributed by atoms with Crippen molar-refractivity contribution >= 4 is 0 Å². The zero-order chi connectivity index (χ0) is 5.98. The third-order valence-corrected chi connectivity index (χ3v) is 1.76. The highest BCUT2D eigenvalue weighted by Crippen LogP contribution is 2.13. The molecule has 45 valence electrons. The van der Waals surface area contributed by atoms with Gasteiger partial charge in [-0.2, -0.15) is 0 Å². The third kappa shape index (κ3) is 0.920. The topological polar surface area (TPSA) is 3.24 Å². The number of likely N-dealkylation sites (tertiary alicyclic amines) is 1. The van der Waals surface area contributed by atoms with E-state index >= 15 is 0 Å². The van der Waals surface area contributed by atoms with Crippen LogP contribution in [0.25, 0.3) is 0 Å². The molecular formula is C7H12N. The fourth-order valence-electron chi connectivity index (χ4n) is 1.17. The first-order valence-electron chi connectivity index (χ1n) is 3.07. The van der Waals surface area contributed by atoms with E-state index in [0.717, 1.165) is 0 Å². The monoisotopic (exact) mass is 110 g/mol. The lowest BCUT2D eigenvalue weighted by atomic mass is 10.2. The highest BCUT2D eigenvalue weighted by molar-refractivity contribution is 4.83. The van der Waals surface area contributed by atoms with Crippen LogP contribution in [0.3, 0.4) is 0 Å². The molecule has 1 aliphatic rings. The maximum Gasteiger partial charge on any atom is 0.0342 e. The summed E-state index contributed by atoms with van der Waals surface area (Å²) in [6.45, 7) is 4.84. The van der Waals surface area contributed by atoms with Gasteiger partial charge in [-0.15, -0.1) is 0 Å². The molecule has 0 bridgehead atoms. The fourth-order valence-corrected chi connectivity index (χ4v) is 1.17. The summed E-state index contributed by atoms with van der Waals surface area (Å²) in [7, 11) is 2.12. The van der Waals surface area contributed by atoms with Gasteiger partial charge in [-0.25, -0.2) is 0 Å². The van der Waals surface area contributed by atoms with Crippen molar-refractivity contribution in [3.05, 3.63) is 12.7 Å². The molecule has 1 rings (SSSR count). The average Bonchev–Trinajstić information content (AvgIpc) is 2.14. The van der Waals surface area contributed by atoms with Crippen LogP contribution in [-0.2, 0) is 0 Å². The van der Waals surface area contributed by atoms with Crippen LogP contribution in [0.15, 0.2) is 6.58 Å². The molecule has 0 aromatic heterocycles. The molecule has 0 N–H and O–H groups in total. The van der Waals surface area contributed by atoms with E-state index in [4.69, 9.17) is 0 Å². The van der Waals surface area contributed by atoms with Crippen LogP contribution < -0.4 is 0 Å². The van der Waals surface area contributed by atoms with E-state index in [0.29, 0.717) is 6.04 Å². The Bertz CT molecular complexity index is 88.4. The molecule has 1 saturated heterocycles. The van der Waals surface area contributed by atoms with Crippen molar-refractivity contribution in [1.29, 1.82) is 0 Å². The average molecular weight is 110 g/mol. The first-order valence-corrected chi connectivity index (χ1v) is 3.07. The van der Waals surface area contributed by atoms with Crippen molar-refractivity contribution in [3.8, 4) is 0 Å². The van der Waals surface area contributed by atoms with Crippen LogP contribution in [0.5, 0.6) is 0 Å². The van der Waals surface area contributed by atoms with Crippen molar-refractivity contribution in [2.45, 2.75) is 18.9 Å². The minimum absolute atomic E-state index is 0.537. The second-order valence-electron chi connectivity index (χ2n) is 2.34. The number of likely N-dealkylation sites (N-methyl/N-ethyl adjacent to an activating group) is 1. The van der Waals surface area contributed by atoms with Crippen LogP contribution in [0.1, 0.15) is 12.8 Å². The van der Waals surface area contributed by atoms with Gasteiger partial charge in [0.25, 0.3) is 0 Å². The molecule has 1 heterocycles. The van der Waals surface area contributed by atoms with Crippen LogP contribution in [0.4, 0.5) is 0 Å². The minimum atomic E-state index is 0.537. The zero-order valence-corrected chi connectivity index (χ0v) is 5.35. The normalized spacial score (nSPS) is 30.9. The molecule has 8 heavy (non-hydrogen) atoms.